The minimum absolute atomic E-state index is 0.745. The average Bonchev–Trinajstić information content (AvgIpc) is 2.42. The van der Waals surface area contributed by atoms with Crippen LogP contribution in [0.2, 0.25) is 0 Å². The van der Waals surface area contributed by atoms with E-state index in [1.54, 1.807) is 7.05 Å². The van der Waals surface area contributed by atoms with Gasteiger partial charge in [-0.05, 0) is 5.56 Å². The van der Waals surface area contributed by atoms with Gasteiger partial charge in [-0.2, -0.15) is 0 Å². The van der Waals surface area contributed by atoms with E-state index < -0.39 is 0 Å². The van der Waals surface area contributed by atoms with Crippen LogP contribution in [0.3, 0.4) is 0 Å². The molecule has 0 atom stereocenters. The zero-order chi connectivity index (χ0) is 11.9. The summed E-state index contributed by atoms with van der Waals surface area (Å²) >= 11 is 0. The minimum atomic E-state index is 0.745. The van der Waals surface area contributed by atoms with Crippen LogP contribution in [0.4, 0.5) is 0 Å². The first-order valence-electron chi connectivity index (χ1n) is 5.51. The Bertz CT molecular complexity index is 513. The SMILES string of the molecule is CN=C(N=Cc1ccccc1)c1ccccc1. The summed E-state index contributed by atoms with van der Waals surface area (Å²) in [6.07, 6.45) is 1.83. The van der Waals surface area contributed by atoms with Crippen LogP contribution in [0.5, 0.6) is 0 Å². The predicted molar refractivity (Wildman–Crippen MR) is 72.9 cm³/mol. The molecule has 0 radical (unpaired) electrons. The van der Waals surface area contributed by atoms with Gasteiger partial charge >= 0.3 is 0 Å². The van der Waals surface area contributed by atoms with Crippen LogP contribution in [0.25, 0.3) is 0 Å². The lowest BCUT2D eigenvalue weighted by atomic mass is 10.2. The fraction of sp³-hybridized carbons (Fsp3) is 0.0667. The van der Waals surface area contributed by atoms with Gasteiger partial charge in [0.2, 0.25) is 0 Å². The fourth-order valence-corrected chi connectivity index (χ4v) is 1.52. The van der Waals surface area contributed by atoms with E-state index in [4.69, 9.17) is 0 Å². The van der Waals surface area contributed by atoms with Gasteiger partial charge < -0.3 is 0 Å². The number of nitrogens with zero attached hydrogens (tertiary/aromatic N) is 2. The van der Waals surface area contributed by atoms with Crippen molar-refractivity contribution in [2.24, 2.45) is 9.98 Å². The van der Waals surface area contributed by atoms with Gasteiger partial charge in [0, 0.05) is 18.8 Å². The highest BCUT2D eigenvalue weighted by Gasteiger charge is 1.97. The number of hydrogen-bond acceptors (Lipinski definition) is 1. The molecule has 0 aromatic heterocycles. The second-order valence-electron chi connectivity index (χ2n) is 3.58. The molecule has 0 amide bonds. The number of hydrogen-bond donors (Lipinski definition) is 0. The largest absolute Gasteiger partial charge is 0.270 e. The molecule has 17 heavy (non-hydrogen) atoms. The van der Waals surface area contributed by atoms with Gasteiger partial charge in [-0.15, -0.1) is 0 Å². The van der Waals surface area contributed by atoms with Crippen LogP contribution >= 0.6 is 0 Å². The van der Waals surface area contributed by atoms with Crippen LogP contribution in [0.15, 0.2) is 70.6 Å². The predicted octanol–water partition coefficient (Wildman–Crippen LogP) is 3.18. The molecular formula is C15H14N2. The normalized spacial score (nSPS) is 11.9. The van der Waals surface area contributed by atoms with Crippen molar-refractivity contribution in [3.8, 4) is 0 Å². The summed E-state index contributed by atoms with van der Waals surface area (Å²) in [5, 5.41) is 0. The Labute approximate surface area is 101 Å². The van der Waals surface area contributed by atoms with E-state index in [2.05, 4.69) is 9.98 Å². The highest BCUT2D eigenvalue weighted by Crippen LogP contribution is 2.03. The van der Waals surface area contributed by atoms with Gasteiger partial charge in [-0.25, -0.2) is 4.99 Å². The zero-order valence-electron chi connectivity index (χ0n) is 9.75. The molecule has 2 heteroatoms. The van der Waals surface area contributed by atoms with E-state index in [1.165, 1.54) is 0 Å². The quantitative estimate of drug-likeness (QED) is 0.550. The fourth-order valence-electron chi connectivity index (χ4n) is 1.52. The molecular weight excluding hydrogens is 208 g/mol. The van der Waals surface area contributed by atoms with E-state index in [-0.39, 0.29) is 0 Å². The maximum atomic E-state index is 4.41. The second-order valence-corrected chi connectivity index (χ2v) is 3.58. The smallest absolute Gasteiger partial charge is 0.154 e. The van der Waals surface area contributed by atoms with Crippen molar-refractivity contribution in [3.63, 3.8) is 0 Å². The Morgan fingerprint density at radius 2 is 1.47 bits per heavy atom. The van der Waals surface area contributed by atoms with Crippen LogP contribution in [0.1, 0.15) is 11.1 Å². The molecule has 0 unspecified atom stereocenters. The molecule has 0 fully saturated rings. The Kier molecular flexibility index (Phi) is 3.81. The molecule has 2 aromatic carbocycles. The lowest BCUT2D eigenvalue weighted by Gasteiger charge is -1.99. The first-order valence-corrected chi connectivity index (χ1v) is 5.51. The third-order valence-corrected chi connectivity index (χ3v) is 2.38. The summed E-state index contributed by atoms with van der Waals surface area (Å²) in [7, 11) is 1.75. The summed E-state index contributed by atoms with van der Waals surface area (Å²) in [5.41, 5.74) is 2.10. The highest BCUT2D eigenvalue weighted by atomic mass is 14.9. The van der Waals surface area contributed by atoms with Crippen molar-refractivity contribution in [2.75, 3.05) is 7.05 Å². The van der Waals surface area contributed by atoms with Crippen molar-refractivity contribution in [1.82, 2.24) is 0 Å². The molecule has 0 aliphatic carbocycles. The Morgan fingerprint density at radius 1 is 0.882 bits per heavy atom. The third kappa shape index (κ3) is 3.11. The van der Waals surface area contributed by atoms with Crippen LogP contribution in [0, 0.1) is 0 Å². The Hall–Kier alpha value is -2.22. The van der Waals surface area contributed by atoms with Gasteiger partial charge in [-0.3, -0.25) is 4.99 Å². The van der Waals surface area contributed by atoms with Gasteiger partial charge in [0.15, 0.2) is 5.84 Å². The van der Waals surface area contributed by atoms with E-state index in [1.807, 2.05) is 66.9 Å². The Balaban J connectivity index is 2.20. The molecule has 0 bridgehead atoms. The van der Waals surface area contributed by atoms with E-state index in [9.17, 15) is 0 Å². The number of rotatable bonds is 2. The monoisotopic (exact) mass is 222 g/mol. The minimum Gasteiger partial charge on any atom is -0.270 e. The first-order chi connectivity index (χ1) is 8.40. The molecule has 0 aliphatic heterocycles. The lowest BCUT2D eigenvalue weighted by Crippen LogP contribution is -1.97. The molecule has 0 heterocycles. The Morgan fingerprint density at radius 3 is 2.06 bits per heavy atom. The molecule has 84 valence electrons. The molecule has 0 saturated carbocycles. The molecule has 2 aromatic rings. The van der Waals surface area contributed by atoms with Crippen LogP contribution in [-0.2, 0) is 0 Å². The van der Waals surface area contributed by atoms with Gasteiger partial charge in [0.05, 0.1) is 0 Å². The third-order valence-electron chi connectivity index (χ3n) is 2.38. The summed E-state index contributed by atoms with van der Waals surface area (Å²) in [5.74, 6) is 0.745. The van der Waals surface area contributed by atoms with Crippen LogP contribution < -0.4 is 0 Å². The summed E-state index contributed by atoms with van der Waals surface area (Å²) < 4.78 is 0. The van der Waals surface area contributed by atoms with E-state index in [0.29, 0.717) is 0 Å². The standard InChI is InChI=1S/C15H14N2/c1-16-15(14-10-6-3-7-11-14)17-12-13-8-4-2-5-9-13/h2-12H,1H3. The molecule has 0 aliphatic rings. The highest BCUT2D eigenvalue weighted by molar-refractivity contribution is 6.05. The van der Waals surface area contributed by atoms with Gasteiger partial charge in [-0.1, -0.05) is 60.7 Å². The molecule has 2 nitrogen and oxygen atoms in total. The molecule has 0 saturated heterocycles. The van der Waals surface area contributed by atoms with Crippen molar-refractivity contribution in [3.05, 3.63) is 71.8 Å². The summed E-state index contributed by atoms with van der Waals surface area (Å²) in [6, 6.07) is 20.0. The number of benzene rings is 2. The number of aliphatic imine (C=N–C) groups is 2. The maximum absolute atomic E-state index is 4.41. The van der Waals surface area contributed by atoms with E-state index in [0.717, 1.165) is 17.0 Å². The summed E-state index contributed by atoms with van der Waals surface area (Å²) in [6.45, 7) is 0. The van der Waals surface area contributed by atoms with Crippen LogP contribution in [-0.4, -0.2) is 19.1 Å². The number of amidine groups is 1. The molecule has 0 spiro atoms. The van der Waals surface area contributed by atoms with E-state index >= 15 is 0 Å². The topological polar surface area (TPSA) is 24.7 Å². The van der Waals surface area contributed by atoms with Crippen molar-refractivity contribution in [2.45, 2.75) is 0 Å². The van der Waals surface area contributed by atoms with Gasteiger partial charge in [0.25, 0.3) is 0 Å². The first kappa shape index (κ1) is 11.3. The lowest BCUT2D eigenvalue weighted by molar-refractivity contribution is 1.39. The average molecular weight is 222 g/mol. The maximum Gasteiger partial charge on any atom is 0.154 e. The summed E-state index contributed by atoms with van der Waals surface area (Å²) in [4.78, 5) is 8.60. The van der Waals surface area contributed by atoms with Crippen molar-refractivity contribution in [1.29, 1.82) is 0 Å². The van der Waals surface area contributed by atoms with Crippen molar-refractivity contribution < 1.29 is 0 Å². The zero-order valence-corrected chi connectivity index (χ0v) is 9.75. The second kappa shape index (κ2) is 5.75. The molecule has 0 N–H and O–H groups in total. The molecule has 2 rings (SSSR count). The van der Waals surface area contributed by atoms with Crippen molar-refractivity contribution >= 4 is 12.1 Å². The van der Waals surface area contributed by atoms with Gasteiger partial charge in [0.1, 0.15) is 0 Å².